The molecule has 4 N–H and O–H groups in total. The zero-order chi connectivity index (χ0) is 18.4. The number of carbonyl (C=O) groups is 1. The van der Waals surface area contributed by atoms with Crippen LogP contribution < -0.4 is 4.74 Å². The van der Waals surface area contributed by atoms with Crippen molar-refractivity contribution in [2.75, 3.05) is 0 Å². The summed E-state index contributed by atoms with van der Waals surface area (Å²) in [6.45, 7) is 7.44. The third-order valence-electron chi connectivity index (χ3n) is 5.54. The van der Waals surface area contributed by atoms with Crippen molar-refractivity contribution in [3.8, 4) is 17.2 Å². The third-order valence-corrected chi connectivity index (χ3v) is 5.54. The van der Waals surface area contributed by atoms with Gasteiger partial charge in [-0.1, -0.05) is 13.8 Å². The molecule has 0 unspecified atom stereocenters. The zero-order valence-electron chi connectivity index (χ0n) is 14.3. The van der Waals surface area contributed by atoms with E-state index < -0.39 is 22.7 Å². The first-order valence-electron chi connectivity index (χ1n) is 7.98. The van der Waals surface area contributed by atoms with Gasteiger partial charge in [-0.05, 0) is 25.5 Å². The molecule has 1 aliphatic carbocycles. The van der Waals surface area contributed by atoms with E-state index in [2.05, 4.69) is 0 Å². The molecule has 2 aliphatic rings. The molecule has 6 nitrogen and oxygen atoms in total. The van der Waals surface area contributed by atoms with Gasteiger partial charge in [-0.3, -0.25) is 4.79 Å². The number of rotatable bonds is 0. The van der Waals surface area contributed by atoms with Crippen molar-refractivity contribution in [2.45, 2.75) is 39.2 Å². The first-order chi connectivity index (χ1) is 11.6. The number of fused-ring (bicyclic) bond motifs is 2. The van der Waals surface area contributed by atoms with Crippen molar-refractivity contribution in [1.82, 2.24) is 0 Å². The first kappa shape index (κ1) is 15.6. The molecule has 2 aromatic carbocycles. The summed E-state index contributed by atoms with van der Waals surface area (Å²) in [5.41, 5.74) is 0.401. The van der Waals surface area contributed by atoms with Crippen molar-refractivity contribution in [2.24, 2.45) is 0 Å². The van der Waals surface area contributed by atoms with Crippen LogP contribution in [0.5, 0.6) is 17.2 Å². The SMILES string of the molecule is Cc1cc(O)c2c3c(c(O)c4c(c13)O[C@H](C)C4(C)C)C(O)=C(O)C2=O. The van der Waals surface area contributed by atoms with Crippen LogP contribution >= 0.6 is 0 Å². The van der Waals surface area contributed by atoms with Crippen molar-refractivity contribution in [3.05, 3.63) is 34.1 Å². The molecular formula is C19H18O6. The van der Waals surface area contributed by atoms with E-state index in [1.165, 1.54) is 6.07 Å². The molecule has 0 aromatic heterocycles. The molecule has 0 radical (unpaired) electrons. The Balaban J connectivity index is 2.34. The van der Waals surface area contributed by atoms with Gasteiger partial charge < -0.3 is 25.2 Å². The van der Waals surface area contributed by atoms with Crippen LogP contribution in [0.1, 0.15) is 47.8 Å². The fourth-order valence-corrected chi connectivity index (χ4v) is 3.87. The fraction of sp³-hybridized carbons (Fsp3) is 0.316. The van der Waals surface area contributed by atoms with Crippen molar-refractivity contribution in [1.29, 1.82) is 0 Å². The summed E-state index contributed by atoms with van der Waals surface area (Å²) in [6, 6.07) is 1.42. The summed E-state index contributed by atoms with van der Waals surface area (Å²) >= 11 is 0. The average molecular weight is 342 g/mol. The number of ketones is 1. The average Bonchev–Trinajstić information content (AvgIpc) is 2.74. The van der Waals surface area contributed by atoms with E-state index in [4.69, 9.17) is 4.74 Å². The Hall–Kier alpha value is -2.89. The van der Waals surface area contributed by atoms with E-state index in [1.54, 1.807) is 6.92 Å². The monoisotopic (exact) mass is 342 g/mol. The number of allylic oxidation sites excluding steroid dienone is 1. The zero-order valence-corrected chi connectivity index (χ0v) is 14.3. The van der Waals surface area contributed by atoms with Gasteiger partial charge in [-0.15, -0.1) is 0 Å². The molecule has 2 aromatic rings. The number of aromatic hydroxyl groups is 2. The number of aliphatic hydroxyl groups is 2. The largest absolute Gasteiger partial charge is 0.507 e. The van der Waals surface area contributed by atoms with Crippen LogP contribution in [0.3, 0.4) is 0 Å². The minimum atomic E-state index is -0.895. The van der Waals surface area contributed by atoms with Crippen molar-refractivity contribution < 1.29 is 30.0 Å². The quantitative estimate of drug-likeness (QED) is 0.583. The van der Waals surface area contributed by atoms with Crippen LogP contribution in [0.25, 0.3) is 16.5 Å². The number of Topliss-reactive ketones (excluding diaryl/α,β-unsaturated/α-hetero) is 1. The molecule has 25 heavy (non-hydrogen) atoms. The Morgan fingerprint density at radius 3 is 2.32 bits per heavy atom. The smallest absolute Gasteiger partial charge is 0.235 e. The molecule has 1 heterocycles. The van der Waals surface area contributed by atoms with Gasteiger partial charge in [0.2, 0.25) is 11.5 Å². The third kappa shape index (κ3) is 1.61. The number of hydrogen-bond acceptors (Lipinski definition) is 6. The van der Waals surface area contributed by atoms with Crippen molar-refractivity contribution >= 4 is 22.3 Å². The van der Waals surface area contributed by atoms with Gasteiger partial charge in [0, 0.05) is 21.8 Å². The molecule has 4 rings (SSSR count). The van der Waals surface area contributed by atoms with E-state index in [9.17, 15) is 25.2 Å². The highest BCUT2D eigenvalue weighted by molar-refractivity contribution is 6.26. The molecule has 0 saturated heterocycles. The van der Waals surface area contributed by atoms with E-state index in [0.717, 1.165) is 0 Å². The fourth-order valence-electron chi connectivity index (χ4n) is 3.87. The molecule has 0 bridgehead atoms. The molecular weight excluding hydrogens is 324 g/mol. The topological polar surface area (TPSA) is 107 Å². The van der Waals surface area contributed by atoms with Crippen LogP contribution in [-0.4, -0.2) is 32.3 Å². The lowest BCUT2D eigenvalue weighted by molar-refractivity contribution is 0.0972. The number of phenols is 2. The second kappa shape index (κ2) is 4.39. The Bertz CT molecular complexity index is 1030. The van der Waals surface area contributed by atoms with E-state index >= 15 is 0 Å². The predicted molar refractivity (Wildman–Crippen MR) is 91.6 cm³/mol. The predicted octanol–water partition coefficient (Wildman–Crippen LogP) is 3.60. The maximum absolute atomic E-state index is 12.4. The Morgan fingerprint density at radius 1 is 1.04 bits per heavy atom. The summed E-state index contributed by atoms with van der Waals surface area (Å²) in [7, 11) is 0. The molecule has 0 amide bonds. The molecule has 1 atom stereocenters. The highest BCUT2D eigenvalue weighted by Gasteiger charge is 2.46. The van der Waals surface area contributed by atoms with Crippen LogP contribution in [0.15, 0.2) is 11.8 Å². The van der Waals surface area contributed by atoms with E-state index in [1.807, 2.05) is 20.8 Å². The lowest BCUT2D eigenvalue weighted by Crippen LogP contribution is -2.29. The minimum Gasteiger partial charge on any atom is -0.507 e. The van der Waals surface area contributed by atoms with Gasteiger partial charge in [-0.2, -0.15) is 0 Å². The summed E-state index contributed by atoms with van der Waals surface area (Å²) in [5.74, 6) is -2.61. The second-order valence-electron chi connectivity index (χ2n) is 7.27. The van der Waals surface area contributed by atoms with Crippen LogP contribution in [0.4, 0.5) is 0 Å². The first-order valence-corrected chi connectivity index (χ1v) is 7.98. The minimum absolute atomic E-state index is 0.0503. The normalized spacial score (nSPS) is 20.8. The van der Waals surface area contributed by atoms with Crippen LogP contribution in [0.2, 0.25) is 0 Å². The summed E-state index contributed by atoms with van der Waals surface area (Å²) in [4.78, 5) is 12.4. The maximum atomic E-state index is 12.4. The van der Waals surface area contributed by atoms with E-state index in [0.29, 0.717) is 22.3 Å². The van der Waals surface area contributed by atoms with Gasteiger partial charge in [0.05, 0.1) is 11.1 Å². The molecule has 1 aliphatic heterocycles. The number of benzene rings is 2. The Morgan fingerprint density at radius 2 is 1.68 bits per heavy atom. The second-order valence-corrected chi connectivity index (χ2v) is 7.27. The molecule has 130 valence electrons. The number of aliphatic hydroxyl groups excluding tert-OH is 2. The molecule has 0 spiro atoms. The Labute approximate surface area is 143 Å². The number of hydrogen-bond donors (Lipinski definition) is 4. The van der Waals surface area contributed by atoms with E-state index in [-0.39, 0.29) is 34.1 Å². The van der Waals surface area contributed by atoms with Gasteiger partial charge >= 0.3 is 0 Å². The number of phenolic OH excluding ortho intramolecular Hbond substituents is 2. The van der Waals surface area contributed by atoms with Gasteiger partial charge in [0.25, 0.3) is 0 Å². The summed E-state index contributed by atoms with van der Waals surface area (Å²) < 4.78 is 6.00. The number of aryl methyl sites for hydroxylation is 1. The molecule has 0 fully saturated rings. The van der Waals surface area contributed by atoms with Gasteiger partial charge in [0.15, 0.2) is 5.76 Å². The maximum Gasteiger partial charge on any atom is 0.235 e. The molecule has 0 saturated carbocycles. The highest BCUT2D eigenvalue weighted by atomic mass is 16.5. The van der Waals surface area contributed by atoms with Crippen LogP contribution in [0, 0.1) is 6.92 Å². The lowest BCUT2D eigenvalue weighted by Gasteiger charge is -2.25. The lowest BCUT2D eigenvalue weighted by atomic mass is 9.77. The highest BCUT2D eigenvalue weighted by Crippen LogP contribution is 2.57. The number of ether oxygens (including phenoxy) is 1. The Kier molecular flexibility index (Phi) is 2.74. The molecule has 6 heteroatoms. The standard InChI is InChI=1S/C19H18O6/c1-6-5-8(20)10-11-9(6)18-13(19(3,4)7(2)25-18)14(21)12(11)16(23)17(24)15(10)22/h5,7,20-21,23-24H,1-4H3/t7-/m1/s1. The van der Waals surface area contributed by atoms with Gasteiger partial charge in [-0.25, -0.2) is 0 Å². The van der Waals surface area contributed by atoms with Crippen molar-refractivity contribution in [3.63, 3.8) is 0 Å². The summed E-state index contributed by atoms with van der Waals surface area (Å²) in [6.07, 6.45) is -0.250. The van der Waals surface area contributed by atoms with Gasteiger partial charge in [0.1, 0.15) is 23.4 Å². The number of carbonyl (C=O) groups excluding carboxylic acids is 1. The summed E-state index contributed by atoms with van der Waals surface area (Å²) in [5, 5.41) is 42.3. The van der Waals surface area contributed by atoms with Crippen LogP contribution in [-0.2, 0) is 5.41 Å².